The summed E-state index contributed by atoms with van der Waals surface area (Å²) in [5.41, 5.74) is 3.50. The van der Waals surface area contributed by atoms with Gasteiger partial charge in [0.1, 0.15) is 12.2 Å². The lowest BCUT2D eigenvalue weighted by Crippen LogP contribution is -2.16. The monoisotopic (exact) mass is 358 g/mol. The topological polar surface area (TPSA) is 96.5 Å². The highest BCUT2D eigenvalue weighted by Crippen LogP contribution is 2.39. The highest BCUT2D eigenvalue weighted by molar-refractivity contribution is 6.06. The minimum absolute atomic E-state index is 0.134. The number of nitrogens with one attached hydrogen (secondary N) is 1. The van der Waals surface area contributed by atoms with Crippen LogP contribution >= 0.6 is 0 Å². The highest BCUT2D eigenvalue weighted by atomic mass is 16.2. The van der Waals surface area contributed by atoms with Crippen LogP contribution in [-0.2, 0) is 4.79 Å². The number of benzene rings is 1. The lowest BCUT2D eigenvalue weighted by molar-refractivity contribution is -0.116. The predicted molar refractivity (Wildman–Crippen MR) is 99.1 cm³/mol. The zero-order chi connectivity index (χ0) is 18.4. The second-order valence-corrected chi connectivity index (χ2v) is 7.21. The molecule has 1 saturated carbocycles. The Morgan fingerprint density at radius 3 is 2.85 bits per heavy atom. The van der Waals surface area contributed by atoms with Gasteiger partial charge in [0.15, 0.2) is 5.65 Å². The van der Waals surface area contributed by atoms with Gasteiger partial charge in [0.2, 0.25) is 5.91 Å². The number of carbonyl (C=O) groups excluding carboxylic acids is 1. The Morgan fingerprint density at radius 1 is 1.19 bits per heavy atom. The smallest absolute Gasteiger partial charge is 0.238 e. The predicted octanol–water partition coefficient (Wildman–Crippen LogP) is 3.29. The van der Waals surface area contributed by atoms with Gasteiger partial charge >= 0.3 is 0 Å². The molecule has 1 aliphatic carbocycles. The van der Waals surface area contributed by atoms with E-state index in [2.05, 4.69) is 26.5 Å². The lowest BCUT2D eigenvalue weighted by atomic mass is 9.94. The summed E-state index contributed by atoms with van der Waals surface area (Å²) in [4.78, 5) is 21.6. The van der Waals surface area contributed by atoms with Gasteiger partial charge in [-0.3, -0.25) is 4.79 Å². The summed E-state index contributed by atoms with van der Waals surface area (Å²) in [6.45, 7) is 0. The molecule has 2 aromatic heterocycles. The van der Waals surface area contributed by atoms with Gasteiger partial charge in [-0.05, 0) is 30.5 Å². The van der Waals surface area contributed by atoms with Crippen molar-refractivity contribution in [3.05, 3.63) is 47.5 Å². The van der Waals surface area contributed by atoms with Crippen molar-refractivity contribution in [2.45, 2.75) is 44.1 Å². The van der Waals surface area contributed by atoms with E-state index >= 15 is 0 Å². The van der Waals surface area contributed by atoms with Gasteiger partial charge in [-0.1, -0.05) is 25.3 Å². The average molecular weight is 358 g/mol. The number of amides is 1. The van der Waals surface area contributed by atoms with Gasteiger partial charge in [-0.25, -0.2) is 14.6 Å². The molecule has 1 unspecified atom stereocenters. The minimum atomic E-state index is -0.512. The van der Waals surface area contributed by atoms with E-state index in [4.69, 9.17) is 5.26 Å². The summed E-state index contributed by atoms with van der Waals surface area (Å²) in [5.74, 6) is -0.646. The molecule has 2 aliphatic rings. The minimum Gasteiger partial charge on any atom is -0.325 e. The molecule has 134 valence electrons. The number of hydrogen-bond acceptors (Lipinski definition) is 5. The summed E-state index contributed by atoms with van der Waals surface area (Å²) in [6, 6.07) is 7.73. The van der Waals surface area contributed by atoms with E-state index < -0.39 is 5.92 Å². The normalized spacial score (nSPS) is 19.7. The Balaban J connectivity index is 1.61. The zero-order valence-corrected chi connectivity index (χ0v) is 14.7. The Labute approximate surface area is 156 Å². The maximum absolute atomic E-state index is 12.7. The van der Waals surface area contributed by atoms with Crippen LogP contribution in [0.25, 0.3) is 11.0 Å². The fourth-order valence-corrected chi connectivity index (χ4v) is 4.31. The third-order valence-electron chi connectivity index (χ3n) is 5.63. The van der Waals surface area contributed by atoms with Gasteiger partial charge in [-0.15, -0.1) is 0 Å². The van der Waals surface area contributed by atoms with Crippen LogP contribution < -0.4 is 5.32 Å². The standard InChI is InChI=1S/C20H18N6O/c21-9-12-6-7-14-16(8-12)25-20(27)17(14)18-15-10-24-26(19(15)23-11-22-18)13-4-2-1-3-5-13/h6-8,10-11,13,17H,1-5H2,(H,25,27). The highest BCUT2D eigenvalue weighted by Gasteiger charge is 2.35. The number of nitrogens with zero attached hydrogens (tertiary/aromatic N) is 5. The number of hydrogen-bond donors (Lipinski definition) is 1. The van der Waals surface area contributed by atoms with E-state index in [0.29, 0.717) is 23.0 Å². The number of fused-ring (bicyclic) bond motifs is 2. The molecule has 5 rings (SSSR count). The first kappa shape index (κ1) is 15.9. The molecular formula is C20H18N6O. The van der Waals surface area contributed by atoms with E-state index in [1.807, 2.05) is 10.7 Å². The fourth-order valence-electron chi connectivity index (χ4n) is 4.31. The molecule has 1 fully saturated rings. The van der Waals surface area contributed by atoms with Gasteiger partial charge in [0.05, 0.1) is 35.0 Å². The van der Waals surface area contributed by atoms with Crippen molar-refractivity contribution in [3.8, 4) is 6.07 Å². The molecule has 7 nitrogen and oxygen atoms in total. The van der Waals surface area contributed by atoms with Crippen LogP contribution in [0.5, 0.6) is 0 Å². The summed E-state index contributed by atoms with van der Waals surface area (Å²) in [7, 11) is 0. The molecule has 1 N–H and O–H groups in total. The summed E-state index contributed by atoms with van der Waals surface area (Å²) in [6.07, 6.45) is 9.23. The van der Waals surface area contributed by atoms with Crippen LogP contribution in [0.3, 0.4) is 0 Å². The number of anilines is 1. The number of nitriles is 1. The van der Waals surface area contributed by atoms with Crippen LogP contribution in [0.2, 0.25) is 0 Å². The van der Waals surface area contributed by atoms with Crippen LogP contribution in [-0.4, -0.2) is 25.7 Å². The second-order valence-electron chi connectivity index (χ2n) is 7.21. The van der Waals surface area contributed by atoms with Crippen LogP contribution in [0.4, 0.5) is 5.69 Å². The van der Waals surface area contributed by atoms with Crippen molar-refractivity contribution in [2.24, 2.45) is 0 Å². The molecule has 3 heterocycles. The van der Waals surface area contributed by atoms with E-state index in [-0.39, 0.29) is 5.91 Å². The number of rotatable bonds is 2. The molecule has 0 saturated heterocycles. The van der Waals surface area contributed by atoms with Crippen LogP contribution in [0.15, 0.2) is 30.7 Å². The average Bonchev–Trinajstić information content (AvgIpc) is 3.28. The van der Waals surface area contributed by atoms with Crippen molar-refractivity contribution in [1.82, 2.24) is 19.7 Å². The summed E-state index contributed by atoms with van der Waals surface area (Å²) < 4.78 is 2.01. The first-order valence-corrected chi connectivity index (χ1v) is 9.29. The zero-order valence-electron chi connectivity index (χ0n) is 14.7. The summed E-state index contributed by atoms with van der Waals surface area (Å²) in [5, 5.41) is 17.4. The molecule has 0 radical (unpaired) electrons. The van der Waals surface area contributed by atoms with Crippen LogP contribution in [0.1, 0.15) is 60.9 Å². The largest absolute Gasteiger partial charge is 0.325 e. The van der Waals surface area contributed by atoms with Crippen molar-refractivity contribution in [2.75, 3.05) is 5.32 Å². The van der Waals surface area contributed by atoms with Gasteiger partial charge in [0.25, 0.3) is 0 Å². The first-order chi connectivity index (χ1) is 13.3. The molecule has 27 heavy (non-hydrogen) atoms. The maximum Gasteiger partial charge on any atom is 0.238 e. The molecule has 1 amide bonds. The van der Waals surface area contributed by atoms with Crippen molar-refractivity contribution >= 4 is 22.6 Å². The molecule has 0 spiro atoms. The van der Waals surface area contributed by atoms with E-state index in [1.54, 1.807) is 18.3 Å². The quantitative estimate of drug-likeness (QED) is 0.758. The van der Waals surface area contributed by atoms with E-state index in [9.17, 15) is 4.79 Å². The van der Waals surface area contributed by atoms with E-state index in [0.717, 1.165) is 29.4 Å². The molecule has 1 aromatic carbocycles. The van der Waals surface area contributed by atoms with Crippen molar-refractivity contribution in [1.29, 1.82) is 5.26 Å². The molecule has 0 bridgehead atoms. The Bertz CT molecular complexity index is 1090. The first-order valence-electron chi connectivity index (χ1n) is 9.29. The number of aromatic nitrogens is 4. The number of carbonyl (C=O) groups is 1. The third-order valence-corrected chi connectivity index (χ3v) is 5.63. The van der Waals surface area contributed by atoms with Crippen molar-refractivity contribution in [3.63, 3.8) is 0 Å². The molecule has 1 atom stereocenters. The Hall–Kier alpha value is -3.27. The fraction of sp³-hybridized carbons (Fsp3) is 0.350. The molecule has 3 aromatic rings. The van der Waals surface area contributed by atoms with Gasteiger partial charge in [0, 0.05) is 5.69 Å². The van der Waals surface area contributed by atoms with Crippen LogP contribution in [0, 0.1) is 11.3 Å². The molecular weight excluding hydrogens is 340 g/mol. The summed E-state index contributed by atoms with van der Waals surface area (Å²) >= 11 is 0. The van der Waals surface area contributed by atoms with Gasteiger partial charge < -0.3 is 5.32 Å². The Kier molecular flexibility index (Phi) is 3.64. The molecule has 7 heteroatoms. The van der Waals surface area contributed by atoms with Crippen molar-refractivity contribution < 1.29 is 4.79 Å². The Morgan fingerprint density at radius 2 is 2.04 bits per heavy atom. The lowest BCUT2D eigenvalue weighted by Gasteiger charge is -2.22. The maximum atomic E-state index is 12.7. The third kappa shape index (κ3) is 2.48. The SMILES string of the molecule is N#Cc1ccc2c(c1)NC(=O)C2c1ncnc2c1cnn2C1CCCCC1. The second kappa shape index (κ2) is 6.16. The molecule has 1 aliphatic heterocycles. The van der Waals surface area contributed by atoms with E-state index in [1.165, 1.54) is 25.6 Å². The van der Waals surface area contributed by atoms with Gasteiger partial charge in [-0.2, -0.15) is 10.4 Å².